The van der Waals surface area contributed by atoms with E-state index in [-0.39, 0.29) is 0 Å². The Kier molecular flexibility index (Phi) is 3.29. The molecule has 0 amide bonds. The maximum atomic E-state index is 9.32. The Labute approximate surface area is 82.3 Å². The molecule has 0 aromatic carbocycles. The standard InChI is InChI=1S/C6H8BrN3O3/c7-2-1-3(9-10-8)5(12)6(13)4(2)11/h1,3-6,11-13H/t3-,4+,5+,6+/m0/s1. The summed E-state index contributed by atoms with van der Waals surface area (Å²) in [7, 11) is 0. The maximum absolute atomic E-state index is 9.32. The molecule has 0 aromatic rings. The Morgan fingerprint density at radius 1 is 1.38 bits per heavy atom. The number of halogens is 1. The molecule has 1 aliphatic carbocycles. The minimum absolute atomic E-state index is 0.308. The van der Waals surface area contributed by atoms with Crippen LogP contribution in [0.15, 0.2) is 15.7 Å². The Balaban J connectivity index is 2.95. The molecule has 3 N–H and O–H groups in total. The van der Waals surface area contributed by atoms with Crippen LogP contribution >= 0.6 is 15.9 Å². The highest BCUT2D eigenvalue weighted by molar-refractivity contribution is 9.11. The van der Waals surface area contributed by atoms with Gasteiger partial charge < -0.3 is 15.3 Å². The van der Waals surface area contributed by atoms with E-state index in [1.807, 2.05) is 0 Å². The first-order chi connectivity index (χ1) is 6.07. The molecule has 0 aromatic heterocycles. The Bertz CT molecular complexity index is 276. The van der Waals surface area contributed by atoms with Gasteiger partial charge >= 0.3 is 0 Å². The zero-order valence-corrected chi connectivity index (χ0v) is 8.03. The van der Waals surface area contributed by atoms with Crippen LogP contribution in [0, 0.1) is 0 Å². The van der Waals surface area contributed by atoms with Crippen LogP contribution in [0.25, 0.3) is 10.4 Å². The summed E-state index contributed by atoms with van der Waals surface area (Å²) < 4.78 is 0.308. The van der Waals surface area contributed by atoms with Gasteiger partial charge in [-0.05, 0) is 5.53 Å². The van der Waals surface area contributed by atoms with Gasteiger partial charge in [-0.15, -0.1) is 0 Å². The van der Waals surface area contributed by atoms with Crippen molar-refractivity contribution in [2.75, 3.05) is 0 Å². The fourth-order valence-corrected chi connectivity index (χ4v) is 1.62. The van der Waals surface area contributed by atoms with Crippen LogP contribution in [0.5, 0.6) is 0 Å². The van der Waals surface area contributed by atoms with E-state index >= 15 is 0 Å². The minimum Gasteiger partial charge on any atom is -0.390 e. The fraction of sp³-hybridized carbons (Fsp3) is 0.667. The molecule has 0 bridgehead atoms. The molecule has 1 aliphatic rings. The van der Waals surface area contributed by atoms with Crippen molar-refractivity contribution in [3.05, 3.63) is 21.0 Å². The molecule has 0 radical (unpaired) electrons. The van der Waals surface area contributed by atoms with Crippen molar-refractivity contribution < 1.29 is 15.3 Å². The monoisotopic (exact) mass is 249 g/mol. The molecule has 0 heterocycles. The van der Waals surface area contributed by atoms with Crippen LogP contribution in [-0.4, -0.2) is 39.7 Å². The van der Waals surface area contributed by atoms with Gasteiger partial charge in [0.05, 0.1) is 12.1 Å². The maximum Gasteiger partial charge on any atom is 0.114 e. The van der Waals surface area contributed by atoms with Crippen molar-refractivity contribution in [1.82, 2.24) is 0 Å². The summed E-state index contributed by atoms with van der Waals surface area (Å²) in [6.07, 6.45) is -2.41. The summed E-state index contributed by atoms with van der Waals surface area (Å²) in [4.78, 5) is 2.51. The average molecular weight is 250 g/mol. The zero-order valence-electron chi connectivity index (χ0n) is 6.45. The van der Waals surface area contributed by atoms with Crippen LogP contribution in [0.4, 0.5) is 0 Å². The highest BCUT2D eigenvalue weighted by Crippen LogP contribution is 2.25. The SMILES string of the molecule is [N-]=[N+]=N[C@H]1C=C(Br)[C@@H](O)[C@@H](O)[C@@H]1O. The van der Waals surface area contributed by atoms with Crippen molar-refractivity contribution in [2.24, 2.45) is 5.11 Å². The van der Waals surface area contributed by atoms with Crippen molar-refractivity contribution in [1.29, 1.82) is 0 Å². The molecular weight excluding hydrogens is 242 g/mol. The van der Waals surface area contributed by atoms with Gasteiger partial charge in [-0.25, -0.2) is 0 Å². The van der Waals surface area contributed by atoms with Crippen LogP contribution in [0.3, 0.4) is 0 Å². The lowest BCUT2D eigenvalue weighted by molar-refractivity contribution is -0.0529. The van der Waals surface area contributed by atoms with Crippen LogP contribution in [0.2, 0.25) is 0 Å². The number of hydrogen-bond donors (Lipinski definition) is 3. The predicted octanol–water partition coefficient (Wildman–Crippen LogP) is 0.0404. The van der Waals surface area contributed by atoms with Gasteiger partial charge in [-0.1, -0.05) is 27.1 Å². The summed E-state index contributed by atoms with van der Waals surface area (Å²) in [5.41, 5.74) is 8.13. The topological polar surface area (TPSA) is 109 Å². The third kappa shape index (κ3) is 2.01. The lowest BCUT2D eigenvalue weighted by Crippen LogP contribution is -2.46. The quantitative estimate of drug-likeness (QED) is 0.347. The summed E-state index contributed by atoms with van der Waals surface area (Å²) in [6, 6.07) is -0.849. The number of hydrogen-bond acceptors (Lipinski definition) is 4. The molecule has 1 rings (SSSR count). The van der Waals surface area contributed by atoms with E-state index in [9.17, 15) is 15.3 Å². The van der Waals surface area contributed by atoms with Gasteiger partial charge in [0.2, 0.25) is 0 Å². The zero-order chi connectivity index (χ0) is 10.0. The molecule has 0 saturated carbocycles. The second-order valence-electron chi connectivity index (χ2n) is 2.67. The summed E-state index contributed by atoms with van der Waals surface area (Å²) in [5.74, 6) is 0. The fourth-order valence-electron chi connectivity index (χ4n) is 1.07. The Hall–Kier alpha value is -0.590. The van der Waals surface area contributed by atoms with Gasteiger partial charge in [-0.2, -0.15) is 0 Å². The van der Waals surface area contributed by atoms with E-state index in [0.717, 1.165) is 0 Å². The Morgan fingerprint density at radius 3 is 2.54 bits per heavy atom. The first-order valence-corrected chi connectivity index (χ1v) is 4.33. The van der Waals surface area contributed by atoms with E-state index in [1.165, 1.54) is 6.08 Å². The van der Waals surface area contributed by atoms with E-state index in [0.29, 0.717) is 4.48 Å². The van der Waals surface area contributed by atoms with Crippen molar-refractivity contribution in [3.8, 4) is 0 Å². The minimum atomic E-state index is -1.34. The summed E-state index contributed by atoms with van der Waals surface area (Å²) in [5, 5.41) is 31.1. The molecule has 4 atom stereocenters. The highest BCUT2D eigenvalue weighted by atomic mass is 79.9. The van der Waals surface area contributed by atoms with Crippen molar-refractivity contribution >= 4 is 15.9 Å². The van der Waals surface area contributed by atoms with Gasteiger partial charge in [0.15, 0.2) is 0 Å². The summed E-state index contributed by atoms with van der Waals surface area (Å²) >= 11 is 2.99. The summed E-state index contributed by atoms with van der Waals surface area (Å²) in [6.45, 7) is 0. The van der Waals surface area contributed by atoms with Gasteiger partial charge in [0, 0.05) is 9.39 Å². The molecule has 0 fully saturated rings. The molecule has 7 heteroatoms. The molecule has 0 saturated heterocycles. The molecule has 0 spiro atoms. The number of nitrogens with zero attached hydrogens (tertiary/aromatic N) is 3. The van der Waals surface area contributed by atoms with E-state index in [2.05, 4.69) is 26.0 Å². The van der Waals surface area contributed by atoms with Crippen LogP contribution in [0.1, 0.15) is 0 Å². The van der Waals surface area contributed by atoms with Crippen LogP contribution < -0.4 is 0 Å². The lowest BCUT2D eigenvalue weighted by atomic mass is 9.95. The van der Waals surface area contributed by atoms with E-state index < -0.39 is 24.4 Å². The van der Waals surface area contributed by atoms with Gasteiger partial charge in [-0.3, -0.25) is 0 Å². The molecular formula is C6H8BrN3O3. The molecule has 72 valence electrons. The lowest BCUT2D eigenvalue weighted by Gasteiger charge is -2.30. The molecule has 13 heavy (non-hydrogen) atoms. The first-order valence-electron chi connectivity index (χ1n) is 3.53. The highest BCUT2D eigenvalue weighted by Gasteiger charge is 2.35. The number of aliphatic hydroxyl groups excluding tert-OH is 3. The second kappa shape index (κ2) is 4.08. The van der Waals surface area contributed by atoms with Crippen molar-refractivity contribution in [2.45, 2.75) is 24.4 Å². The van der Waals surface area contributed by atoms with E-state index in [1.54, 1.807) is 0 Å². The van der Waals surface area contributed by atoms with Gasteiger partial charge in [0.25, 0.3) is 0 Å². The third-order valence-electron chi connectivity index (χ3n) is 1.82. The van der Waals surface area contributed by atoms with E-state index in [4.69, 9.17) is 5.53 Å². The number of aliphatic hydroxyl groups is 3. The predicted molar refractivity (Wildman–Crippen MR) is 48.0 cm³/mol. The molecule has 0 aliphatic heterocycles. The van der Waals surface area contributed by atoms with Crippen molar-refractivity contribution in [3.63, 3.8) is 0 Å². The number of rotatable bonds is 1. The molecule has 6 nitrogen and oxygen atoms in total. The first kappa shape index (κ1) is 10.5. The third-order valence-corrected chi connectivity index (χ3v) is 2.55. The smallest absolute Gasteiger partial charge is 0.114 e. The molecule has 0 unspecified atom stereocenters. The second-order valence-corrected chi connectivity index (χ2v) is 3.59. The Morgan fingerprint density at radius 2 is 2.00 bits per heavy atom. The van der Waals surface area contributed by atoms with Crippen LogP contribution in [-0.2, 0) is 0 Å². The number of azide groups is 1. The largest absolute Gasteiger partial charge is 0.390 e. The normalized spacial score (nSPS) is 39.2. The average Bonchev–Trinajstić information content (AvgIpc) is 2.11. The van der Waals surface area contributed by atoms with Gasteiger partial charge in [0.1, 0.15) is 12.2 Å².